The molecule has 2 aliphatic rings. The lowest BCUT2D eigenvalue weighted by molar-refractivity contribution is -0.159. The molecule has 5 nitrogen and oxygen atoms in total. The fraction of sp³-hybridized carbons (Fsp3) is 0.400. The van der Waals surface area contributed by atoms with Gasteiger partial charge in [0.1, 0.15) is 12.6 Å². The second-order valence-electron chi connectivity index (χ2n) is 6.16. The Balaban J connectivity index is 2.11. The van der Waals surface area contributed by atoms with E-state index in [-0.39, 0.29) is 24.3 Å². The van der Waals surface area contributed by atoms with Gasteiger partial charge in [-0.15, -0.1) is 0 Å². The zero-order valence-corrected chi connectivity index (χ0v) is 11.7. The lowest BCUT2D eigenvalue weighted by Crippen LogP contribution is -2.60. The van der Waals surface area contributed by atoms with Gasteiger partial charge in [-0.1, -0.05) is 18.2 Å². The number of carbonyl (C=O) groups is 3. The van der Waals surface area contributed by atoms with Crippen LogP contribution in [0.25, 0.3) is 0 Å². The van der Waals surface area contributed by atoms with Crippen molar-refractivity contribution in [2.75, 3.05) is 6.54 Å². The van der Waals surface area contributed by atoms with Crippen LogP contribution < -0.4 is 0 Å². The van der Waals surface area contributed by atoms with Crippen LogP contribution in [0.1, 0.15) is 42.7 Å². The number of carbonyl (C=O) groups excluding carboxylic acids is 3. The Hall–Kier alpha value is -2.17. The van der Waals surface area contributed by atoms with Crippen LogP contribution in [0, 0.1) is 0 Å². The van der Waals surface area contributed by atoms with Crippen LogP contribution in [0.4, 0.5) is 0 Å². The SMILES string of the molecule is CC(C)(C)N1C(=O)CN2C(=O)c3ccccc3C2C1=O. The molecule has 0 aromatic heterocycles. The maximum Gasteiger partial charge on any atom is 0.257 e. The molecule has 0 aliphatic carbocycles. The van der Waals surface area contributed by atoms with Gasteiger partial charge in [0.2, 0.25) is 5.91 Å². The van der Waals surface area contributed by atoms with Gasteiger partial charge in [0.05, 0.1) is 0 Å². The van der Waals surface area contributed by atoms with Crippen molar-refractivity contribution in [3.05, 3.63) is 35.4 Å². The van der Waals surface area contributed by atoms with Gasteiger partial charge in [-0.05, 0) is 32.4 Å². The molecule has 5 heteroatoms. The maximum atomic E-state index is 12.7. The van der Waals surface area contributed by atoms with Crippen molar-refractivity contribution in [1.29, 1.82) is 0 Å². The third-order valence-electron chi connectivity index (χ3n) is 3.74. The predicted molar refractivity (Wildman–Crippen MR) is 71.8 cm³/mol. The first kappa shape index (κ1) is 12.8. The van der Waals surface area contributed by atoms with Crippen molar-refractivity contribution in [3.63, 3.8) is 0 Å². The largest absolute Gasteiger partial charge is 0.313 e. The topological polar surface area (TPSA) is 57.7 Å². The first-order chi connectivity index (χ1) is 9.32. The van der Waals surface area contributed by atoms with Gasteiger partial charge in [-0.25, -0.2) is 0 Å². The summed E-state index contributed by atoms with van der Waals surface area (Å²) in [5, 5.41) is 0. The number of piperazine rings is 1. The van der Waals surface area contributed by atoms with Crippen molar-refractivity contribution < 1.29 is 14.4 Å². The first-order valence-corrected chi connectivity index (χ1v) is 6.59. The molecule has 20 heavy (non-hydrogen) atoms. The fourth-order valence-corrected chi connectivity index (χ4v) is 2.97. The number of imide groups is 1. The molecule has 104 valence electrons. The lowest BCUT2D eigenvalue weighted by atomic mass is 9.98. The Labute approximate surface area is 117 Å². The molecule has 0 bridgehead atoms. The molecule has 0 radical (unpaired) electrons. The average Bonchev–Trinajstić information content (AvgIpc) is 2.62. The molecule has 1 aromatic carbocycles. The molecule has 1 aromatic rings. The summed E-state index contributed by atoms with van der Waals surface area (Å²) in [7, 11) is 0. The normalized spacial score (nSPS) is 22.1. The summed E-state index contributed by atoms with van der Waals surface area (Å²) in [5.74, 6) is -0.868. The summed E-state index contributed by atoms with van der Waals surface area (Å²) in [4.78, 5) is 39.8. The Kier molecular flexibility index (Phi) is 2.51. The van der Waals surface area contributed by atoms with E-state index >= 15 is 0 Å². The van der Waals surface area contributed by atoms with E-state index in [1.54, 1.807) is 24.3 Å². The third-order valence-corrected chi connectivity index (χ3v) is 3.74. The summed E-state index contributed by atoms with van der Waals surface area (Å²) < 4.78 is 0. The zero-order chi connectivity index (χ0) is 14.7. The molecule has 1 atom stereocenters. The highest BCUT2D eigenvalue weighted by Gasteiger charge is 2.51. The van der Waals surface area contributed by atoms with Gasteiger partial charge in [0.15, 0.2) is 0 Å². The predicted octanol–water partition coefficient (Wildman–Crippen LogP) is 1.35. The van der Waals surface area contributed by atoms with Gasteiger partial charge >= 0.3 is 0 Å². The van der Waals surface area contributed by atoms with Gasteiger partial charge < -0.3 is 4.90 Å². The molecule has 1 fully saturated rings. The number of hydrogen-bond acceptors (Lipinski definition) is 3. The smallest absolute Gasteiger partial charge is 0.257 e. The van der Waals surface area contributed by atoms with Crippen LogP contribution in [-0.2, 0) is 9.59 Å². The van der Waals surface area contributed by atoms with Crippen LogP contribution in [-0.4, -0.2) is 39.6 Å². The lowest BCUT2D eigenvalue weighted by Gasteiger charge is -2.42. The molecule has 1 unspecified atom stereocenters. The highest BCUT2D eigenvalue weighted by atomic mass is 16.2. The van der Waals surface area contributed by atoms with Crippen molar-refractivity contribution >= 4 is 17.7 Å². The van der Waals surface area contributed by atoms with Crippen molar-refractivity contribution in [1.82, 2.24) is 9.80 Å². The molecule has 2 heterocycles. The molecule has 2 aliphatic heterocycles. The van der Waals surface area contributed by atoms with Gasteiger partial charge in [0, 0.05) is 11.1 Å². The molecular weight excluding hydrogens is 256 g/mol. The minimum atomic E-state index is -0.657. The molecule has 3 rings (SSSR count). The van der Waals surface area contributed by atoms with Gasteiger partial charge in [-0.3, -0.25) is 19.3 Å². The van der Waals surface area contributed by atoms with E-state index in [1.807, 2.05) is 20.8 Å². The maximum absolute atomic E-state index is 12.7. The number of nitrogens with zero attached hydrogens (tertiary/aromatic N) is 2. The van der Waals surface area contributed by atoms with E-state index in [0.29, 0.717) is 11.1 Å². The average molecular weight is 272 g/mol. The number of fused-ring (bicyclic) bond motifs is 3. The minimum Gasteiger partial charge on any atom is -0.313 e. The monoisotopic (exact) mass is 272 g/mol. The van der Waals surface area contributed by atoms with Crippen molar-refractivity contribution in [3.8, 4) is 0 Å². The number of rotatable bonds is 0. The third kappa shape index (κ3) is 1.59. The summed E-state index contributed by atoms with van der Waals surface area (Å²) in [6.07, 6.45) is 0. The quantitative estimate of drug-likeness (QED) is 0.670. The van der Waals surface area contributed by atoms with E-state index in [2.05, 4.69) is 0 Å². The first-order valence-electron chi connectivity index (χ1n) is 6.59. The summed E-state index contributed by atoms with van der Waals surface area (Å²) in [6.45, 7) is 5.42. The Morgan fingerprint density at radius 1 is 1.10 bits per heavy atom. The summed E-state index contributed by atoms with van der Waals surface area (Å²) in [6, 6.07) is 6.40. The fourth-order valence-electron chi connectivity index (χ4n) is 2.97. The van der Waals surface area contributed by atoms with Crippen molar-refractivity contribution in [2.45, 2.75) is 32.4 Å². The summed E-state index contributed by atoms with van der Waals surface area (Å²) >= 11 is 0. The van der Waals surface area contributed by atoms with Crippen LogP contribution in [0.3, 0.4) is 0 Å². The highest BCUT2D eigenvalue weighted by molar-refractivity contribution is 6.12. The molecule has 0 saturated carbocycles. The van der Waals surface area contributed by atoms with Crippen LogP contribution in [0.15, 0.2) is 24.3 Å². The highest BCUT2D eigenvalue weighted by Crippen LogP contribution is 2.38. The summed E-state index contributed by atoms with van der Waals surface area (Å²) in [5.41, 5.74) is 0.638. The molecule has 1 saturated heterocycles. The second kappa shape index (κ2) is 3.91. The molecule has 3 amide bonds. The van der Waals surface area contributed by atoms with Gasteiger partial charge in [0.25, 0.3) is 11.8 Å². The van der Waals surface area contributed by atoms with Crippen LogP contribution in [0.5, 0.6) is 0 Å². The van der Waals surface area contributed by atoms with Crippen molar-refractivity contribution in [2.24, 2.45) is 0 Å². The number of hydrogen-bond donors (Lipinski definition) is 0. The Morgan fingerprint density at radius 3 is 2.40 bits per heavy atom. The Bertz CT molecular complexity index is 630. The van der Waals surface area contributed by atoms with E-state index in [9.17, 15) is 14.4 Å². The number of amides is 3. The van der Waals surface area contributed by atoms with Crippen LogP contribution in [0.2, 0.25) is 0 Å². The van der Waals surface area contributed by atoms with E-state index in [0.717, 1.165) is 0 Å². The molecule has 0 spiro atoms. The Morgan fingerprint density at radius 2 is 1.75 bits per heavy atom. The van der Waals surface area contributed by atoms with E-state index in [4.69, 9.17) is 0 Å². The minimum absolute atomic E-state index is 0.0405. The van der Waals surface area contributed by atoms with E-state index < -0.39 is 11.6 Å². The van der Waals surface area contributed by atoms with Crippen LogP contribution >= 0.6 is 0 Å². The molecule has 0 N–H and O–H groups in total. The standard InChI is InChI=1S/C15H16N2O3/c1-15(2,3)17-11(18)8-16-12(14(17)20)9-6-4-5-7-10(9)13(16)19/h4-7,12H,8H2,1-3H3. The van der Waals surface area contributed by atoms with E-state index in [1.165, 1.54) is 9.80 Å². The second-order valence-corrected chi connectivity index (χ2v) is 6.16. The number of benzene rings is 1. The molecular formula is C15H16N2O3. The zero-order valence-electron chi connectivity index (χ0n) is 11.7. The van der Waals surface area contributed by atoms with Gasteiger partial charge in [-0.2, -0.15) is 0 Å².